The third-order valence-corrected chi connectivity index (χ3v) is 5.51. The van der Waals surface area contributed by atoms with Crippen LogP contribution in [-0.4, -0.2) is 40.1 Å². The highest BCUT2D eigenvalue weighted by Crippen LogP contribution is 2.36. The molecular formula is C21H26O7. The zero-order valence-electron chi connectivity index (χ0n) is 16.7. The van der Waals surface area contributed by atoms with Gasteiger partial charge in [0.25, 0.3) is 0 Å². The third-order valence-electron chi connectivity index (χ3n) is 5.51. The van der Waals surface area contributed by atoms with E-state index in [1.807, 2.05) is 13.8 Å². The first kappa shape index (κ1) is 20.5. The number of hydrogen-bond acceptors (Lipinski definition) is 7. The van der Waals surface area contributed by atoms with E-state index in [1.54, 1.807) is 32.0 Å². The molecule has 0 saturated carbocycles. The van der Waals surface area contributed by atoms with Crippen LogP contribution < -0.4 is 10.4 Å². The quantitative estimate of drug-likeness (QED) is 0.770. The molecule has 7 nitrogen and oxygen atoms in total. The Hall–Kier alpha value is -2.22. The number of fused-ring (bicyclic) bond motifs is 1. The molecule has 1 aliphatic rings. The molecule has 2 N–H and O–H groups in total. The largest absolute Gasteiger partial charge is 0.462 e. The molecule has 0 spiro atoms. The molecule has 0 amide bonds. The van der Waals surface area contributed by atoms with Crippen molar-refractivity contribution in [3.63, 3.8) is 0 Å². The summed E-state index contributed by atoms with van der Waals surface area (Å²) >= 11 is 0. The van der Waals surface area contributed by atoms with Gasteiger partial charge in [-0.05, 0) is 45.9 Å². The number of Topliss-reactive ketones (excluding diaryl/α,β-unsaturated/α-hetero) is 1. The Balaban J connectivity index is 1.95. The zero-order chi connectivity index (χ0) is 20.8. The van der Waals surface area contributed by atoms with Crippen molar-refractivity contribution in [2.75, 3.05) is 0 Å². The standard InChI is InChI=1S/C21H26O7/c1-10(22)8-14-9-13-6-7-15(11(2)18(13)27-19(14)25)26-20-17(24)16(23)12(3)21(4,5)28-20/h6-7,9,12,16-17,20,23-24H,8H2,1-5H3/t12?,16?,17?,20-/m1/s1. The van der Waals surface area contributed by atoms with Crippen LogP contribution in [0.4, 0.5) is 0 Å². The lowest BCUT2D eigenvalue weighted by Crippen LogP contribution is -2.59. The molecule has 0 aliphatic carbocycles. The van der Waals surface area contributed by atoms with Gasteiger partial charge in [-0.15, -0.1) is 0 Å². The molecule has 0 bridgehead atoms. The molecule has 3 rings (SSSR count). The Kier molecular flexibility index (Phi) is 5.36. The van der Waals surface area contributed by atoms with E-state index in [-0.39, 0.29) is 18.1 Å². The molecular weight excluding hydrogens is 364 g/mol. The number of carbonyl (C=O) groups excluding carboxylic acids is 1. The number of ketones is 1. The average molecular weight is 390 g/mol. The molecule has 152 valence electrons. The molecule has 3 unspecified atom stereocenters. The van der Waals surface area contributed by atoms with Gasteiger partial charge in [-0.2, -0.15) is 0 Å². The molecule has 1 aromatic heterocycles. The first-order chi connectivity index (χ1) is 13.0. The Bertz CT molecular complexity index is 959. The van der Waals surface area contributed by atoms with Crippen LogP contribution in [0.3, 0.4) is 0 Å². The van der Waals surface area contributed by atoms with E-state index in [1.165, 1.54) is 6.92 Å². The maximum absolute atomic E-state index is 12.2. The molecule has 1 saturated heterocycles. The molecule has 1 aliphatic heterocycles. The number of benzene rings is 1. The Morgan fingerprint density at radius 2 is 1.93 bits per heavy atom. The minimum Gasteiger partial charge on any atom is -0.462 e. The van der Waals surface area contributed by atoms with E-state index in [4.69, 9.17) is 13.9 Å². The van der Waals surface area contributed by atoms with Crippen molar-refractivity contribution in [2.24, 2.45) is 5.92 Å². The van der Waals surface area contributed by atoms with Crippen molar-refractivity contribution >= 4 is 16.8 Å². The summed E-state index contributed by atoms with van der Waals surface area (Å²) < 4.78 is 17.1. The van der Waals surface area contributed by atoms with E-state index in [0.29, 0.717) is 27.8 Å². The second-order valence-corrected chi connectivity index (χ2v) is 8.02. The van der Waals surface area contributed by atoms with Crippen LogP contribution in [0.25, 0.3) is 11.0 Å². The van der Waals surface area contributed by atoms with Crippen molar-refractivity contribution in [3.8, 4) is 5.75 Å². The Morgan fingerprint density at radius 3 is 2.57 bits per heavy atom. The predicted molar refractivity (Wildman–Crippen MR) is 102 cm³/mol. The van der Waals surface area contributed by atoms with Crippen LogP contribution in [0.5, 0.6) is 5.75 Å². The minimum absolute atomic E-state index is 0.0167. The molecule has 7 heteroatoms. The summed E-state index contributed by atoms with van der Waals surface area (Å²) in [6, 6.07) is 5.03. The summed E-state index contributed by atoms with van der Waals surface area (Å²) in [7, 11) is 0. The van der Waals surface area contributed by atoms with Gasteiger partial charge in [-0.25, -0.2) is 4.79 Å². The van der Waals surface area contributed by atoms with Crippen molar-refractivity contribution in [1.29, 1.82) is 0 Å². The van der Waals surface area contributed by atoms with Gasteiger partial charge in [0.2, 0.25) is 6.29 Å². The van der Waals surface area contributed by atoms with Crippen LogP contribution >= 0.6 is 0 Å². The number of aliphatic hydroxyl groups is 2. The zero-order valence-corrected chi connectivity index (χ0v) is 16.7. The highest BCUT2D eigenvalue weighted by atomic mass is 16.7. The summed E-state index contributed by atoms with van der Waals surface area (Å²) in [5.41, 5.74) is -0.0541. The van der Waals surface area contributed by atoms with Crippen molar-refractivity contribution in [3.05, 3.63) is 39.7 Å². The fraction of sp³-hybridized carbons (Fsp3) is 0.524. The van der Waals surface area contributed by atoms with Gasteiger partial charge in [-0.1, -0.05) is 6.92 Å². The molecule has 4 atom stereocenters. The first-order valence-corrected chi connectivity index (χ1v) is 9.27. The number of rotatable bonds is 4. The summed E-state index contributed by atoms with van der Waals surface area (Å²) in [5.74, 6) is -0.0310. The average Bonchev–Trinajstić information content (AvgIpc) is 2.61. The van der Waals surface area contributed by atoms with Crippen LogP contribution in [0, 0.1) is 12.8 Å². The second kappa shape index (κ2) is 7.31. The number of ether oxygens (including phenoxy) is 2. The van der Waals surface area contributed by atoms with E-state index in [9.17, 15) is 19.8 Å². The summed E-state index contributed by atoms with van der Waals surface area (Å²) in [6.07, 6.45) is -3.27. The second-order valence-electron chi connectivity index (χ2n) is 8.02. The van der Waals surface area contributed by atoms with E-state index in [2.05, 4.69) is 0 Å². The van der Waals surface area contributed by atoms with Crippen LogP contribution in [0.1, 0.15) is 38.8 Å². The number of hydrogen-bond donors (Lipinski definition) is 2. The van der Waals surface area contributed by atoms with Crippen molar-refractivity contribution < 1.29 is 28.9 Å². The van der Waals surface area contributed by atoms with Gasteiger partial charge in [-0.3, -0.25) is 4.79 Å². The predicted octanol–water partition coefficient (Wildman–Crippen LogP) is 2.10. The molecule has 1 fully saturated rings. The maximum atomic E-state index is 12.2. The fourth-order valence-corrected chi connectivity index (χ4v) is 3.43. The van der Waals surface area contributed by atoms with Crippen LogP contribution in [-0.2, 0) is 16.0 Å². The number of carbonyl (C=O) groups is 1. The van der Waals surface area contributed by atoms with Gasteiger partial charge in [0.05, 0.1) is 11.7 Å². The minimum atomic E-state index is -1.22. The van der Waals surface area contributed by atoms with Gasteiger partial charge < -0.3 is 24.1 Å². The number of aryl methyl sites for hydroxylation is 1. The lowest BCUT2D eigenvalue weighted by atomic mass is 9.82. The molecule has 1 aromatic carbocycles. The third kappa shape index (κ3) is 3.70. The molecule has 0 radical (unpaired) electrons. The van der Waals surface area contributed by atoms with Crippen molar-refractivity contribution in [1.82, 2.24) is 0 Å². The van der Waals surface area contributed by atoms with Crippen LogP contribution in [0.15, 0.2) is 27.4 Å². The maximum Gasteiger partial charge on any atom is 0.339 e. The fourth-order valence-electron chi connectivity index (χ4n) is 3.43. The summed E-state index contributed by atoms with van der Waals surface area (Å²) in [5, 5.41) is 21.3. The highest BCUT2D eigenvalue weighted by Gasteiger charge is 2.47. The highest BCUT2D eigenvalue weighted by molar-refractivity contribution is 5.84. The molecule has 2 heterocycles. The normalized spacial score (nSPS) is 27.0. The van der Waals surface area contributed by atoms with E-state index >= 15 is 0 Å². The molecule has 28 heavy (non-hydrogen) atoms. The smallest absolute Gasteiger partial charge is 0.339 e. The van der Waals surface area contributed by atoms with Gasteiger partial charge in [0.15, 0.2) is 0 Å². The Labute approximate surface area is 162 Å². The molecule has 2 aromatic rings. The van der Waals surface area contributed by atoms with E-state index in [0.717, 1.165) is 0 Å². The van der Waals surface area contributed by atoms with Gasteiger partial charge >= 0.3 is 5.63 Å². The first-order valence-electron chi connectivity index (χ1n) is 9.27. The van der Waals surface area contributed by atoms with Crippen LogP contribution in [0.2, 0.25) is 0 Å². The van der Waals surface area contributed by atoms with Crippen molar-refractivity contribution in [2.45, 2.75) is 65.1 Å². The Morgan fingerprint density at radius 1 is 1.25 bits per heavy atom. The monoisotopic (exact) mass is 390 g/mol. The topological polar surface area (TPSA) is 106 Å². The van der Waals surface area contributed by atoms with Gasteiger partial charge in [0.1, 0.15) is 23.2 Å². The number of aliphatic hydroxyl groups excluding tert-OH is 2. The summed E-state index contributed by atoms with van der Waals surface area (Å²) in [6.45, 7) is 8.60. The summed E-state index contributed by atoms with van der Waals surface area (Å²) in [4.78, 5) is 23.5. The van der Waals surface area contributed by atoms with Gasteiger partial charge in [0, 0.05) is 28.9 Å². The lowest BCUT2D eigenvalue weighted by molar-refractivity contribution is -0.285. The SMILES string of the molecule is CC(=O)Cc1cc2ccc(O[C@@H]3OC(C)(C)C(C)C(O)C3O)c(C)c2oc1=O. The van der Waals surface area contributed by atoms with E-state index < -0.39 is 29.7 Å². The lowest BCUT2D eigenvalue weighted by Gasteiger charge is -2.46.